The fourth-order valence-electron chi connectivity index (χ4n) is 5.70. The number of carbonyl (C=O) groups is 1. The van der Waals surface area contributed by atoms with E-state index < -0.39 is 0 Å². The van der Waals surface area contributed by atoms with Crippen LogP contribution < -0.4 is 10.2 Å². The van der Waals surface area contributed by atoms with Crippen molar-refractivity contribution in [1.82, 2.24) is 34.4 Å². The van der Waals surface area contributed by atoms with E-state index in [1.54, 1.807) is 23.0 Å². The van der Waals surface area contributed by atoms with Gasteiger partial charge in [0.1, 0.15) is 18.5 Å². The van der Waals surface area contributed by atoms with Crippen LogP contribution in [0.2, 0.25) is 0 Å². The number of likely N-dealkylation sites (N-methyl/N-ethyl adjacent to an activating group) is 1. The first-order valence-electron chi connectivity index (χ1n) is 14.7. The van der Waals surface area contributed by atoms with Gasteiger partial charge in [0.05, 0.1) is 16.6 Å². The quantitative estimate of drug-likeness (QED) is 0.261. The Morgan fingerprint density at radius 1 is 1.09 bits per heavy atom. The largest absolute Gasteiger partial charge is 0.365 e. The summed E-state index contributed by atoms with van der Waals surface area (Å²) in [7, 11) is 3.92. The normalized spacial score (nSPS) is 15.6. The molecule has 1 N–H and O–H groups in total. The summed E-state index contributed by atoms with van der Waals surface area (Å²) >= 11 is 0. The van der Waals surface area contributed by atoms with E-state index in [2.05, 4.69) is 38.4 Å². The lowest BCUT2D eigenvalue weighted by atomic mass is 10.0. The standard InChI is InChI=1S/C33H36FN9O/c1-22-16-26(8-7-25(22)17-24-11-13-43-29(18-24)36-21-38-43)39-33-31-27(35-20-37-33)9-10-28(32(31)34)41-14-15-42(23(2)19-41)30(44)6-5-12-40(3)4/h5-11,13,16,18,20-21,23H,12,14-15,17,19H2,1-4H3,(H,35,37,39)/b6-5+. The van der Waals surface area contributed by atoms with Crippen LogP contribution in [0.5, 0.6) is 0 Å². The summed E-state index contributed by atoms with van der Waals surface area (Å²) in [5.41, 5.74) is 6.06. The molecule has 1 aliphatic rings. The molecule has 1 atom stereocenters. The van der Waals surface area contributed by atoms with Crippen molar-refractivity contribution in [2.75, 3.05) is 50.5 Å². The SMILES string of the molecule is Cc1cc(Nc2ncnc3ccc(N4CCN(C(=O)/C=C/CN(C)C)C(C)C4)c(F)c23)ccc1Cc1ccn2ncnc2c1. The predicted octanol–water partition coefficient (Wildman–Crippen LogP) is 4.61. The maximum Gasteiger partial charge on any atom is 0.246 e. The predicted molar refractivity (Wildman–Crippen MR) is 171 cm³/mol. The molecule has 4 heterocycles. The molecule has 1 amide bonds. The van der Waals surface area contributed by atoms with Crippen molar-refractivity contribution in [3.63, 3.8) is 0 Å². The Kier molecular flexibility index (Phi) is 8.21. The van der Waals surface area contributed by atoms with Crippen LogP contribution in [0.25, 0.3) is 16.6 Å². The molecule has 6 rings (SSSR count). The van der Waals surface area contributed by atoms with Gasteiger partial charge in [0.15, 0.2) is 11.5 Å². The molecule has 0 aliphatic carbocycles. The van der Waals surface area contributed by atoms with Gasteiger partial charge in [0, 0.05) is 50.2 Å². The van der Waals surface area contributed by atoms with Gasteiger partial charge in [-0.25, -0.2) is 23.9 Å². The van der Waals surface area contributed by atoms with Crippen molar-refractivity contribution in [2.45, 2.75) is 26.3 Å². The number of hydrogen-bond donors (Lipinski definition) is 1. The Bertz CT molecular complexity index is 1850. The van der Waals surface area contributed by atoms with Gasteiger partial charge in [-0.2, -0.15) is 5.10 Å². The molecule has 0 saturated carbocycles. The average molecular weight is 594 g/mol. The van der Waals surface area contributed by atoms with Crippen LogP contribution in [0, 0.1) is 12.7 Å². The highest BCUT2D eigenvalue weighted by atomic mass is 19.1. The molecule has 1 aliphatic heterocycles. The number of nitrogens with one attached hydrogen (secondary N) is 1. The Morgan fingerprint density at radius 3 is 2.75 bits per heavy atom. The third-order valence-corrected chi connectivity index (χ3v) is 8.05. The first kappa shape index (κ1) is 29.2. The van der Waals surface area contributed by atoms with Gasteiger partial charge in [0.25, 0.3) is 0 Å². The Morgan fingerprint density at radius 2 is 1.95 bits per heavy atom. The summed E-state index contributed by atoms with van der Waals surface area (Å²) in [6.45, 7) is 6.33. The second-order valence-electron chi connectivity index (χ2n) is 11.5. The van der Waals surface area contributed by atoms with E-state index in [-0.39, 0.29) is 17.8 Å². The maximum atomic E-state index is 16.2. The fraction of sp³-hybridized carbons (Fsp3) is 0.303. The summed E-state index contributed by atoms with van der Waals surface area (Å²) in [4.78, 5) is 31.6. The molecule has 5 aromatic rings. The van der Waals surface area contributed by atoms with Gasteiger partial charge in [0.2, 0.25) is 5.91 Å². The van der Waals surface area contributed by atoms with E-state index in [1.165, 1.54) is 11.9 Å². The molecule has 0 radical (unpaired) electrons. The molecule has 1 saturated heterocycles. The maximum absolute atomic E-state index is 16.2. The second kappa shape index (κ2) is 12.4. The van der Waals surface area contributed by atoms with Crippen LogP contribution in [0.4, 0.5) is 21.6 Å². The highest BCUT2D eigenvalue weighted by Gasteiger charge is 2.28. The van der Waals surface area contributed by atoms with Gasteiger partial charge < -0.3 is 20.0 Å². The first-order valence-corrected chi connectivity index (χ1v) is 14.7. The van der Waals surface area contributed by atoms with Crippen molar-refractivity contribution in [1.29, 1.82) is 0 Å². The molecule has 1 unspecified atom stereocenters. The van der Waals surface area contributed by atoms with Gasteiger partial charge in [-0.15, -0.1) is 0 Å². The number of halogens is 1. The number of piperazine rings is 1. The van der Waals surface area contributed by atoms with Crippen LogP contribution in [-0.4, -0.2) is 86.6 Å². The number of aromatic nitrogens is 5. The monoisotopic (exact) mass is 593 g/mol. The van der Waals surface area contributed by atoms with E-state index in [0.717, 1.165) is 28.9 Å². The minimum absolute atomic E-state index is 0.0180. The number of carbonyl (C=O) groups excluding carboxylic acids is 1. The van der Waals surface area contributed by atoms with E-state index in [4.69, 9.17) is 0 Å². The zero-order valence-corrected chi connectivity index (χ0v) is 25.4. The first-order chi connectivity index (χ1) is 21.3. The number of amides is 1. The van der Waals surface area contributed by atoms with Crippen LogP contribution in [0.3, 0.4) is 0 Å². The van der Waals surface area contributed by atoms with Gasteiger partial charge >= 0.3 is 0 Å². The summed E-state index contributed by atoms with van der Waals surface area (Å²) in [6.07, 6.45) is 9.16. The van der Waals surface area contributed by atoms with Gasteiger partial charge in [-0.3, -0.25) is 4.79 Å². The van der Waals surface area contributed by atoms with Crippen molar-refractivity contribution in [3.05, 3.63) is 96.0 Å². The molecule has 0 bridgehead atoms. The zero-order chi connectivity index (χ0) is 30.8. The summed E-state index contributed by atoms with van der Waals surface area (Å²) in [5.74, 6) is 0.0166. The van der Waals surface area contributed by atoms with E-state index in [0.29, 0.717) is 48.6 Å². The topological polar surface area (TPSA) is 94.8 Å². The lowest BCUT2D eigenvalue weighted by Crippen LogP contribution is -2.54. The molecule has 0 spiro atoms. The second-order valence-corrected chi connectivity index (χ2v) is 11.5. The Labute approximate surface area is 255 Å². The van der Waals surface area contributed by atoms with E-state index >= 15 is 4.39 Å². The summed E-state index contributed by atoms with van der Waals surface area (Å²) < 4.78 is 18.0. The molecule has 2 aromatic carbocycles. The number of pyridine rings is 1. The van der Waals surface area contributed by atoms with E-state index in [1.807, 2.05) is 78.3 Å². The highest BCUT2D eigenvalue weighted by Crippen LogP contribution is 2.33. The lowest BCUT2D eigenvalue weighted by molar-refractivity contribution is -0.128. The number of nitrogens with zero attached hydrogens (tertiary/aromatic N) is 8. The number of aryl methyl sites for hydroxylation is 1. The third-order valence-electron chi connectivity index (χ3n) is 8.05. The Balaban J connectivity index is 1.20. The number of benzene rings is 2. The number of hydrogen-bond acceptors (Lipinski definition) is 8. The number of fused-ring (bicyclic) bond motifs is 2. The van der Waals surface area contributed by atoms with Crippen LogP contribution in [0.1, 0.15) is 23.6 Å². The smallest absolute Gasteiger partial charge is 0.246 e. The average Bonchev–Trinajstić information content (AvgIpc) is 3.46. The van der Waals surface area contributed by atoms with Crippen molar-refractivity contribution >= 4 is 39.6 Å². The molecule has 44 heavy (non-hydrogen) atoms. The molecule has 1 fully saturated rings. The van der Waals surface area contributed by atoms with E-state index in [9.17, 15) is 4.79 Å². The van der Waals surface area contributed by atoms with Crippen molar-refractivity contribution in [2.24, 2.45) is 0 Å². The minimum Gasteiger partial charge on any atom is -0.365 e. The van der Waals surface area contributed by atoms with Gasteiger partial charge in [-0.05, 0) is 87.5 Å². The molecule has 226 valence electrons. The minimum atomic E-state index is -0.374. The molecule has 11 heteroatoms. The summed E-state index contributed by atoms with van der Waals surface area (Å²) in [6, 6.07) is 13.7. The molecule has 10 nitrogen and oxygen atoms in total. The third kappa shape index (κ3) is 6.09. The summed E-state index contributed by atoms with van der Waals surface area (Å²) in [5, 5.41) is 7.83. The highest BCUT2D eigenvalue weighted by molar-refractivity contribution is 5.94. The zero-order valence-electron chi connectivity index (χ0n) is 25.4. The van der Waals surface area contributed by atoms with Crippen LogP contribution >= 0.6 is 0 Å². The molecule has 3 aromatic heterocycles. The Hall–Kier alpha value is -4.90. The van der Waals surface area contributed by atoms with Crippen LogP contribution in [0.15, 0.2) is 73.5 Å². The van der Waals surface area contributed by atoms with Crippen LogP contribution in [-0.2, 0) is 11.2 Å². The lowest BCUT2D eigenvalue weighted by Gasteiger charge is -2.40. The molecular weight excluding hydrogens is 557 g/mol. The number of rotatable bonds is 8. The number of anilines is 3. The van der Waals surface area contributed by atoms with Crippen molar-refractivity contribution in [3.8, 4) is 0 Å². The fourth-order valence-corrected chi connectivity index (χ4v) is 5.70. The van der Waals surface area contributed by atoms with Gasteiger partial charge in [-0.1, -0.05) is 12.1 Å². The molecular formula is C33H36FN9O. The van der Waals surface area contributed by atoms with Crippen molar-refractivity contribution < 1.29 is 9.18 Å².